The lowest BCUT2D eigenvalue weighted by molar-refractivity contribution is -0.123. The van der Waals surface area contributed by atoms with Gasteiger partial charge in [-0.05, 0) is 36.1 Å². The van der Waals surface area contributed by atoms with Gasteiger partial charge in [-0.15, -0.1) is 0 Å². The molecule has 3 aromatic rings. The van der Waals surface area contributed by atoms with Gasteiger partial charge in [-0.2, -0.15) is 0 Å². The minimum absolute atomic E-state index is 0.0872. The number of imidazole rings is 1. The second-order valence-electron chi connectivity index (χ2n) is 7.33. The normalized spacial score (nSPS) is 21.7. The number of aliphatic hydroxyl groups excluding tert-OH is 1. The minimum atomic E-state index is -0.571. The van der Waals surface area contributed by atoms with Crippen molar-refractivity contribution in [1.29, 1.82) is 0 Å². The highest BCUT2D eigenvalue weighted by Crippen LogP contribution is 2.40. The zero-order valence-electron chi connectivity index (χ0n) is 14.4. The molecule has 2 N–H and O–H groups in total. The first-order valence-electron chi connectivity index (χ1n) is 9.21. The number of para-hydroxylation sites is 2. The van der Waals surface area contributed by atoms with E-state index in [1.165, 1.54) is 0 Å². The molecule has 1 amide bonds. The van der Waals surface area contributed by atoms with E-state index < -0.39 is 6.10 Å². The lowest BCUT2D eigenvalue weighted by Gasteiger charge is -2.19. The van der Waals surface area contributed by atoms with Crippen LogP contribution in [-0.2, 0) is 17.8 Å². The molecule has 5 nitrogen and oxygen atoms in total. The van der Waals surface area contributed by atoms with Crippen molar-refractivity contribution in [3.05, 3.63) is 65.5 Å². The molecule has 2 aromatic carbocycles. The second kappa shape index (κ2) is 5.95. The zero-order chi connectivity index (χ0) is 17.7. The molecule has 1 fully saturated rings. The maximum absolute atomic E-state index is 12.8. The van der Waals surface area contributed by atoms with Crippen LogP contribution in [0.2, 0.25) is 0 Å². The van der Waals surface area contributed by atoms with Crippen LogP contribution in [0.25, 0.3) is 11.0 Å². The standard InChI is InChI=1S/C21H21N3O2/c25-18-11-14-5-1-2-6-15(14)20(18)23-19(26)12-24-17-8-4-3-7-16(17)22-21(24)13-9-10-13/h1-8,13,18,20,25H,9-12H2,(H,23,26). The van der Waals surface area contributed by atoms with Crippen molar-refractivity contribution in [2.24, 2.45) is 0 Å². The van der Waals surface area contributed by atoms with Gasteiger partial charge in [-0.3, -0.25) is 4.79 Å². The van der Waals surface area contributed by atoms with Gasteiger partial charge in [0, 0.05) is 12.3 Å². The number of carbonyl (C=O) groups is 1. The number of rotatable bonds is 4. The Morgan fingerprint density at radius 3 is 2.77 bits per heavy atom. The molecule has 0 spiro atoms. The van der Waals surface area contributed by atoms with Crippen molar-refractivity contribution in [1.82, 2.24) is 14.9 Å². The first-order chi connectivity index (χ1) is 12.7. The lowest BCUT2D eigenvalue weighted by Crippen LogP contribution is -2.36. The number of amides is 1. The Morgan fingerprint density at radius 2 is 1.92 bits per heavy atom. The van der Waals surface area contributed by atoms with Crippen molar-refractivity contribution in [2.45, 2.75) is 43.9 Å². The number of nitrogens with zero attached hydrogens (tertiary/aromatic N) is 2. The number of aromatic nitrogens is 2. The Bertz CT molecular complexity index is 990. The van der Waals surface area contributed by atoms with Crippen LogP contribution in [0.3, 0.4) is 0 Å². The van der Waals surface area contributed by atoms with Crippen molar-refractivity contribution < 1.29 is 9.90 Å². The van der Waals surface area contributed by atoms with Crippen molar-refractivity contribution in [3.63, 3.8) is 0 Å². The van der Waals surface area contributed by atoms with E-state index in [0.717, 1.165) is 40.8 Å². The summed E-state index contributed by atoms with van der Waals surface area (Å²) in [5.41, 5.74) is 4.06. The van der Waals surface area contributed by atoms with E-state index in [-0.39, 0.29) is 18.5 Å². The summed E-state index contributed by atoms with van der Waals surface area (Å²) < 4.78 is 2.04. The summed E-state index contributed by atoms with van der Waals surface area (Å²) in [6.07, 6.45) is 2.29. The van der Waals surface area contributed by atoms with Crippen LogP contribution in [-0.4, -0.2) is 26.7 Å². The van der Waals surface area contributed by atoms with Gasteiger partial charge in [-0.25, -0.2) is 4.98 Å². The Balaban J connectivity index is 1.41. The summed E-state index contributed by atoms with van der Waals surface area (Å²) in [5, 5.41) is 13.4. The molecule has 5 heteroatoms. The molecular weight excluding hydrogens is 326 g/mol. The third-order valence-corrected chi connectivity index (χ3v) is 5.45. The number of aliphatic hydroxyl groups is 1. The fraction of sp³-hybridized carbons (Fsp3) is 0.333. The molecule has 5 rings (SSSR count). The van der Waals surface area contributed by atoms with E-state index in [9.17, 15) is 9.90 Å². The fourth-order valence-corrected chi connectivity index (χ4v) is 4.02. The molecule has 0 saturated heterocycles. The molecule has 2 atom stereocenters. The third-order valence-electron chi connectivity index (χ3n) is 5.45. The summed E-state index contributed by atoms with van der Waals surface area (Å²) in [6.45, 7) is 0.234. The van der Waals surface area contributed by atoms with Gasteiger partial charge in [-0.1, -0.05) is 36.4 Å². The van der Waals surface area contributed by atoms with E-state index in [1.807, 2.05) is 53.1 Å². The highest BCUT2D eigenvalue weighted by Gasteiger charge is 2.33. The molecule has 2 aliphatic rings. The molecule has 0 aliphatic heterocycles. The number of nitrogens with one attached hydrogen (secondary N) is 1. The summed E-state index contributed by atoms with van der Waals surface area (Å²) in [4.78, 5) is 17.5. The Hall–Kier alpha value is -2.66. The molecule has 132 valence electrons. The van der Waals surface area contributed by atoms with Crippen molar-refractivity contribution >= 4 is 16.9 Å². The predicted molar refractivity (Wildman–Crippen MR) is 98.7 cm³/mol. The van der Waals surface area contributed by atoms with Gasteiger partial charge in [0.2, 0.25) is 5.91 Å². The lowest BCUT2D eigenvalue weighted by atomic mass is 10.1. The molecule has 0 radical (unpaired) electrons. The van der Waals surface area contributed by atoms with Crippen LogP contribution >= 0.6 is 0 Å². The highest BCUT2D eigenvalue weighted by atomic mass is 16.3. The van der Waals surface area contributed by atoms with Gasteiger partial charge >= 0.3 is 0 Å². The first-order valence-corrected chi connectivity index (χ1v) is 9.21. The molecular formula is C21H21N3O2. The molecule has 1 heterocycles. The van der Waals surface area contributed by atoms with Gasteiger partial charge < -0.3 is 15.0 Å². The fourth-order valence-electron chi connectivity index (χ4n) is 4.02. The summed E-state index contributed by atoms with van der Waals surface area (Å²) >= 11 is 0. The topological polar surface area (TPSA) is 67.2 Å². The molecule has 1 saturated carbocycles. The van der Waals surface area contributed by atoms with Gasteiger partial charge in [0.05, 0.1) is 23.2 Å². The monoisotopic (exact) mass is 347 g/mol. The average Bonchev–Trinajstić information content (AvgIpc) is 3.36. The number of carbonyl (C=O) groups excluding carboxylic acids is 1. The molecule has 2 unspecified atom stereocenters. The number of hydrogen-bond donors (Lipinski definition) is 2. The maximum Gasteiger partial charge on any atom is 0.240 e. The highest BCUT2D eigenvalue weighted by molar-refractivity contribution is 5.81. The van der Waals surface area contributed by atoms with Crippen LogP contribution < -0.4 is 5.32 Å². The van der Waals surface area contributed by atoms with Crippen LogP contribution in [0, 0.1) is 0 Å². The van der Waals surface area contributed by atoms with E-state index in [1.54, 1.807) is 0 Å². The second-order valence-corrected chi connectivity index (χ2v) is 7.33. The summed E-state index contributed by atoms with van der Waals surface area (Å²) in [6, 6.07) is 15.5. The van der Waals surface area contributed by atoms with E-state index >= 15 is 0 Å². The SMILES string of the molecule is O=C(Cn1c(C2CC2)nc2ccccc21)NC1c2ccccc2CC1O. The van der Waals surface area contributed by atoms with Crippen molar-refractivity contribution in [2.75, 3.05) is 0 Å². The smallest absolute Gasteiger partial charge is 0.240 e. The third kappa shape index (κ3) is 2.59. The van der Waals surface area contributed by atoms with Gasteiger partial charge in [0.1, 0.15) is 12.4 Å². The average molecular weight is 347 g/mol. The van der Waals surface area contributed by atoms with E-state index in [4.69, 9.17) is 4.98 Å². The molecule has 1 aromatic heterocycles. The quantitative estimate of drug-likeness (QED) is 0.762. The maximum atomic E-state index is 12.8. The van der Waals surface area contributed by atoms with Crippen LogP contribution in [0.4, 0.5) is 0 Å². The molecule has 26 heavy (non-hydrogen) atoms. The predicted octanol–water partition coefficient (Wildman–Crippen LogP) is 2.69. The summed E-state index contributed by atoms with van der Waals surface area (Å²) in [5.74, 6) is 1.39. The Kier molecular flexibility index (Phi) is 3.57. The molecule has 0 bridgehead atoms. The first kappa shape index (κ1) is 15.6. The van der Waals surface area contributed by atoms with E-state index in [0.29, 0.717) is 12.3 Å². The summed E-state index contributed by atoms with van der Waals surface area (Å²) in [7, 11) is 0. The number of hydrogen-bond acceptors (Lipinski definition) is 3. The number of fused-ring (bicyclic) bond motifs is 2. The van der Waals surface area contributed by atoms with Crippen molar-refractivity contribution in [3.8, 4) is 0 Å². The Labute approximate surface area is 151 Å². The van der Waals surface area contributed by atoms with E-state index in [2.05, 4.69) is 5.32 Å². The van der Waals surface area contributed by atoms with Gasteiger partial charge in [0.15, 0.2) is 0 Å². The minimum Gasteiger partial charge on any atom is -0.390 e. The Morgan fingerprint density at radius 1 is 1.15 bits per heavy atom. The zero-order valence-corrected chi connectivity index (χ0v) is 14.4. The molecule has 2 aliphatic carbocycles. The van der Waals surface area contributed by atoms with Crippen LogP contribution in [0.1, 0.15) is 41.8 Å². The van der Waals surface area contributed by atoms with Crippen LogP contribution in [0.5, 0.6) is 0 Å². The van der Waals surface area contributed by atoms with Gasteiger partial charge in [0.25, 0.3) is 0 Å². The largest absolute Gasteiger partial charge is 0.390 e. The number of benzene rings is 2. The van der Waals surface area contributed by atoms with Crippen LogP contribution in [0.15, 0.2) is 48.5 Å².